The lowest BCUT2D eigenvalue weighted by atomic mass is 10.0. The van der Waals surface area contributed by atoms with Gasteiger partial charge in [0.2, 0.25) is 5.91 Å². The van der Waals surface area contributed by atoms with Crippen LogP contribution in [0.25, 0.3) is 0 Å². The zero-order valence-electron chi connectivity index (χ0n) is 13.2. The Labute approximate surface area is 131 Å². The van der Waals surface area contributed by atoms with Gasteiger partial charge in [0.15, 0.2) is 0 Å². The van der Waals surface area contributed by atoms with Crippen LogP contribution in [0.2, 0.25) is 0 Å². The van der Waals surface area contributed by atoms with Crippen molar-refractivity contribution >= 4 is 5.91 Å². The molecule has 0 bridgehead atoms. The number of carbonyl (C=O) groups excluding carboxylic acids is 1. The molecule has 1 amide bonds. The van der Waals surface area contributed by atoms with Crippen molar-refractivity contribution in [2.24, 2.45) is 7.05 Å². The fraction of sp³-hybridized carbons (Fsp3) is 0.750. The van der Waals surface area contributed by atoms with Gasteiger partial charge in [-0.1, -0.05) is 0 Å². The van der Waals surface area contributed by atoms with E-state index in [1.165, 1.54) is 6.42 Å². The molecule has 3 heterocycles. The molecule has 3 atom stereocenters. The van der Waals surface area contributed by atoms with E-state index in [4.69, 9.17) is 9.47 Å². The van der Waals surface area contributed by atoms with E-state index in [0.29, 0.717) is 13.0 Å². The third kappa shape index (κ3) is 3.67. The summed E-state index contributed by atoms with van der Waals surface area (Å²) in [6.07, 6.45) is 9.38. The number of aromatic nitrogens is 2. The highest BCUT2D eigenvalue weighted by atomic mass is 16.5. The molecule has 122 valence electrons. The molecule has 6 heteroatoms. The summed E-state index contributed by atoms with van der Waals surface area (Å²) in [4.78, 5) is 16.5. The summed E-state index contributed by atoms with van der Waals surface area (Å²) in [5.74, 6) is 0.960. The molecule has 3 rings (SSSR count). The van der Waals surface area contributed by atoms with Crippen LogP contribution >= 0.6 is 0 Å². The third-order valence-corrected chi connectivity index (χ3v) is 4.52. The summed E-state index contributed by atoms with van der Waals surface area (Å²) < 4.78 is 13.4. The number of rotatable bonds is 5. The lowest BCUT2D eigenvalue weighted by Gasteiger charge is -2.23. The molecule has 1 N–H and O–H groups in total. The summed E-state index contributed by atoms with van der Waals surface area (Å²) in [6, 6.07) is 0.0147. The summed E-state index contributed by atoms with van der Waals surface area (Å²) in [7, 11) is 1.95. The van der Waals surface area contributed by atoms with Crippen molar-refractivity contribution in [3.8, 4) is 0 Å². The summed E-state index contributed by atoms with van der Waals surface area (Å²) >= 11 is 0. The molecule has 0 radical (unpaired) electrons. The van der Waals surface area contributed by atoms with Gasteiger partial charge >= 0.3 is 0 Å². The Morgan fingerprint density at radius 3 is 3.00 bits per heavy atom. The monoisotopic (exact) mass is 307 g/mol. The predicted molar refractivity (Wildman–Crippen MR) is 81.3 cm³/mol. The fourth-order valence-electron chi connectivity index (χ4n) is 3.25. The average Bonchev–Trinajstić information content (AvgIpc) is 3.15. The molecule has 0 aromatic carbocycles. The molecule has 0 saturated carbocycles. The van der Waals surface area contributed by atoms with Gasteiger partial charge in [0.05, 0.1) is 12.1 Å². The second kappa shape index (κ2) is 7.24. The number of nitrogens with one attached hydrogen (secondary N) is 1. The van der Waals surface area contributed by atoms with E-state index in [9.17, 15) is 4.79 Å². The van der Waals surface area contributed by atoms with Gasteiger partial charge in [0.25, 0.3) is 0 Å². The Balaban J connectivity index is 1.49. The van der Waals surface area contributed by atoms with Crippen LogP contribution in [-0.2, 0) is 21.3 Å². The maximum absolute atomic E-state index is 12.2. The Morgan fingerprint density at radius 2 is 2.27 bits per heavy atom. The smallest absolute Gasteiger partial charge is 0.220 e. The second-order valence-electron chi connectivity index (χ2n) is 6.18. The lowest BCUT2D eigenvalue weighted by Crippen LogP contribution is -2.38. The van der Waals surface area contributed by atoms with Crippen molar-refractivity contribution in [3.63, 3.8) is 0 Å². The van der Waals surface area contributed by atoms with E-state index in [1.54, 1.807) is 6.20 Å². The number of hydrogen-bond donors (Lipinski definition) is 1. The van der Waals surface area contributed by atoms with Gasteiger partial charge in [-0.15, -0.1) is 0 Å². The van der Waals surface area contributed by atoms with Crippen molar-refractivity contribution in [1.29, 1.82) is 0 Å². The number of imidazole rings is 1. The Morgan fingerprint density at radius 1 is 1.36 bits per heavy atom. The second-order valence-corrected chi connectivity index (χ2v) is 6.18. The standard InChI is InChI=1S/C16H25N3O3/c1-19-9-8-17-16(19)15-13(7-11-22-15)18-14(20)6-5-12-4-2-3-10-21-12/h8-9,12-13,15H,2-7,10-11H2,1H3,(H,18,20)/t12-,13-,15-/m0/s1. The Kier molecular flexibility index (Phi) is 5.10. The average molecular weight is 307 g/mol. The number of amides is 1. The number of aryl methyl sites for hydroxylation is 1. The quantitative estimate of drug-likeness (QED) is 0.899. The topological polar surface area (TPSA) is 65.4 Å². The maximum atomic E-state index is 12.2. The Bertz CT molecular complexity index is 497. The van der Waals surface area contributed by atoms with Crippen molar-refractivity contribution in [1.82, 2.24) is 14.9 Å². The van der Waals surface area contributed by atoms with Crippen molar-refractivity contribution < 1.29 is 14.3 Å². The van der Waals surface area contributed by atoms with Crippen molar-refractivity contribution in [2.75, 3.05) is 13.2 Å². The van der Waals surface area contributed by atoms with Crippen molar-refractivity contribution in [2.45, 2.75) is 56.8 Å². The van der Waals surface area contributed by atoms with E-state index < -0.39 is 0 Å². The molecule has 2 fully saturated rings. The molecule has 0 aliphatic carbocycles. The lowest BCUT2D eigenvalue weighted by molar-refractivity contribution is -0.123. The molecule has 1 aromatic rings. The number of hydrogen-bond acceptors (Lipinski definition) is 4. The molecule has 6 nitrogen and oxygen atoms in total. The van der Waals surface area contributed by atoms with E-state index in [-0.39, 0.29) is 24.2 Å². The van der Waals surface area contributed by atoms with E-state index in [2.05, 4.69) is 10.3 Å². The molecular weight excluding hydrogens is 282 g/mol. The van der Waals surface area contributed by atoms with Crippen LogP contribution in [-0.4, -0.2) is 40.8 Å². The minimum atomic E-state index is -0.144. The van der Waals surface area contributed by atoms with E-state index in [1.807, 2.05) is 17.8 Å². The Hall–Kier alpha value is -1.40. The molecule has 1 aromatic heterocycles. The summed E-state index contributed by atoms with van der Waals surface area (Å²) in [6.45, 7) is 1.50. The highest BCUT2D eigenvalue weighted by Gasteiger charge is 2.33. The first-order valence-corrected chi connectivity index (χ1v) is 8.24. The molecular formula is C16H25N3O3. The van der Waals surface area contributed by atoms with Gasteiger partial charge in [-0.25, -0.2) is 4.98 Å². The normalized spacial score (nSPS) is 28.7. The fourth-order valence-corrected chi connectivity index (χ4v) is 3.25. The largest absolute Gasteiger partial charge is 0.378 e. The maximum Gasteiger partial charge on any atom is 0.220 e. The van der Waals surface area contributed by atoms with Crippen molar-refractivity contribution in [3.05, 3.63) is 18.2 Å². The summed E-state index contributed by atoms with van der Waals surface area (Å²) in [5.41, 5.74) is 0. The van der Waals surface area contributed by atoms with Crippen LogP contribution in [0.5, 0.6) is 0 Å². The first-order chi connectivity index (χ1) is 10.7. The van der Waals surface area contributed by atoms with Gasteiger partial charge < -0.3 is 19.4 Å². The molecule has 2 aliphatic heterocycles. The highest BCUT2D eigenvalue weighted by Crippen LogP contribution is 2.28. The first kappa shape index (κ1) is 15.5. The van der Waals surface area contributed by atoms with Crippen LogP contribution in [0.1, 0.15) is 50.5 Å². The minimum absolute atomic E-state index is 0.0147. The van der Waals surface area contributed by atoms with Crippen LogP contribution in [0.3, 0.4) is 0 Å². The number of carbonyl (C=O) groups is 1. The zero-order chi connectivity index (χ0) is 15.4. The van der Waals surface area contributed by atoms with Gasteiger partial charge in [0.1, 0.15) is 11.9 Å². The van der Waals surface area contributed by atoms with Crippen LogP contribution in [0.15, 0.2) is 12.4 Å². The first-order valence-electron chi connectivity index (χ1n) is 8.24. The van der Waals surface area contributed by atoms with Gasteiger partial charge in [-0.2, -0.15) is 0 Å². The zero-order valence-corrected chi connectivity index (χ0v) is 13.2. The number of nitrogens with zero attached hydrogens (tertiary/aromatic N) is 2. The predicted octanol–water partition coefficient (Wildman–Crippen LogP) is 1.72. The molecule has 0 unspecified atom stereocenters. The molecule has 2 aliphatic rings. The van der Waals surface area contributed by atoms with Crippen LogP contribution in [0.4, 0.5) is 0 Å². The van der Waals surface area contributed by atoms with E-state index >= 15 is 0 Å². The molecule has 2 saturated heterocycles. The van der Waals surface area contributed by atoms with E-state index in [0.717, 1.165) is 38.1 Å². The highest BCUT2D eigenvalue weighted by molar-refractivity contribution is 5.76. The third-order valence-electron chi connectivity index (χ3n) is 4.52. The minimum Gasteiger partial charge on any atom is -0.378 e. The molecule has 0 spiro atoms. The summed E-state index contributed by atoms with van der Waals surface area (Å²) in [5, 5.41) is 3.11. The van der Waals surface area contributed by atoms with Gasteiger partial charge in [-0.05, 0) is 32.1 Å². The van der Waals surface area contributed by atoms with Gasteiger partial charge in [-0.3, -0.25) is 4.79 Å². The van der Waals surface area contributed by atoms with Crippen LogP contribution < -0.4 is 5.32 Å². The van der Waals surface area contributed by atoms with Gasteiger partial charge in [0, 0.05) is 39.1 Å². The van der Waals surface area contributed by atoms with Crippen LogP contribution in [0, 0.1) is 0 Å². The molecule has 22 heavy (non-hydrogen) atoms. The SMILES string of the molecule is Cn1ccnc1[C@H]1OCC[C@@H]1NC(=O)CC[C@@H]1CCCCO1. The number of ether oxygens (including phenoxy) is 2.